The average molecular weight is 315 g/mol. The summed E-state index contributed by atoms with van der Waals surface area (Å²) in [6.45, 7) is 0. The van der Waals surface area contributed by atoms with Gasteiger partial charge in [0.25, 0.3) is 5.91 Å². The lowest BCUT2D eigenvalue weighted by atomic mass is 10.1. The van der Waals surface area contributed by atoms with Crippen molar-refractivity contribution in [3.63, 3.8) is 0 Å². The van der Waals surface area contributed by atoms with Crippen LogP contribution in [-0.2, 0) is 7.05 Å². The molecule has 0 aliphatic rings. The van der Waals surface area contributed by atoms with Crippen LogP contribution in [0.25, 0.3) is 0 Å². The predicted octanol–water partition coefficient (Wildman–Crippen LogP) is 2.91. The molecule has 0 unspecified atom stereocenters. The van der Waals surface area contributed by atoms with Crippen LogP contribution >= 0.6 is 11.6 Å². The van der Waals surface area contributed by atoms with Gasteiger partial charge in [0.2, 0.25) is 0 Å². The Balaban J connectivity index is 2.39. The van der Waals surface area contributed by atoms with Crippen molar-refractivity contribution in [2.75, 3.05) is 5.32 Å². The van der Waals surface area contributed by atoms with Crippen molar-refractivity contribution < 1.29 is 23.5 Å². The molecule has 2 N–H and O–H groups in total. The third kappa shape index (κ3) is 3.03. The number of nitrogens with one attached hydrogen (secondary N) is 1. The summed E-state index contributed by atoms with van der Waals surface area (Å²) in [6.07, 6.45) is 1.47. The van der Waals surface area contributed by atoms with Crippen LogP contribution in [0, 0.1) is 11.6 Å². The Kier molecular flexibility index (Phi) is 3.95. The van der Waals surface area contributed by atoms with E-state index < -0.39 is 29.1 Å². The second kappa shape index (κ2) is 5.53. The molecule has 8 heteroatoms. The van der Waals surface area contributed by atoms with Crippen LogP contribution in [0.15, 0.2) is 24.4 Å². The van der Waals surface area contributed by atoms with Gasteiger partial charge in [0.05, 0.1) is 16.3 Å². The minimum atomic E-state index is -1.49. The fraction of sp³-hybridized carbons (Fsp3) is 0.0769. The fourth-order valence-electron chi connectivity index (χ4n) is 1.76. The molecule has 0 bridgehead atoms. The van der Waals surface area contributed by atoms with E-state index >= 15 is 0 Å². The zero-order valence-corrected chi connectivity index (χ0v) is 11.4. The second-order valence-corrected chi connectivity index (χ2v) is 4.66. The highest BCUT2D eigenvalue weighted by molar-refractivity contribution is 6.31. The molecule has 1 aromatic carbocycles. The Bertz CT molecular complexity index is 743. The minimum absolute atomic E-state index is 0.140. The Labute approximate surface area is 122 Å². The molecule has 1 amide bonds. The first-order chi connectivity index (χ1) is 9.79. The van der Waals surface area contributed by atoms with Gasteiger partial charge in [-0.25, -0.2) is 13.6 Å². The summed E-state index contributed by atoms with van der Waals surface area (Å²) >= 11 is 5.74. The number of carbonyl (C=O) groups is 2. The normalized spacial score (nSPS) is 10.5. The number of carbonyl (C=O) groups excluding carboxylic acids is 1. The number of carboxylic acid groups (broad SMARTS) is 1. The lowest BCUT2D eigenvalue weighted by Gasteiger charge is -2.09. The van der Waals surface area contributed by atoms with Crippen molar-refractivity contribution in [3.05, 3.63) is 52.3 Å². The molecule has 0 spiro atoms. The maximum Gasteiger partial charge on any atom is 0.337 e. The summed E-state index contributed by atoms with van der Waals surface area (Å²) in [5.74, 6) is -4.76. The van der Waals surface area contributed by atoms with Gasteiger partial charge in [-0.3, -0.25) is 4.79 Å². The van der Waals surface area contributed by atoms with Crippen molar-refractivity contribution >= 4 is 29.2 Å². The number of carboxylic acids is 1. The summed E-state index contributed by atoms with van der Waals surface area (Å²) in [6, 6.07) is 2.48. The van der Waals surface area contributed by atoms with E-state index in [2.05, 4.69) is 5.32 Å². The largest absolute Gasteiger partial charge is 0.478 e. The molecular formula is C13H9ClF2N2O3. The third-order valence-corrected chi connectivity index (χ3v) is 2.95. The van der Waals surface area contributed by atoms with Crippen molar-refractivity contribution in [2.24, 2.45) is 7.05 Å². The molecule has 0 aliphatic heterocycles. The Morgan fingerprint density at radius 3 is 2.38 bits per heavy atom. The zero-order valence-electron chi connectivity index (χ0n) is 10.7. The molecule has 1 heterocycles. The summed E-state index contributed by atoms with van der Waals surface area (Å²) in [5.41, 5.74) is -0.757. The van der Waals surface area contributed by atoms with Crippen molar-refractivity contribution in [1.29, 1.82) is 0 Å². The average Bonchev–Trinajstić information content (AvgIpc) is 2.72. The van der Waals surface area contributed by atoms with E-state index in [1.165, 1.54) is 16.8 Å². The zero-order chi connectivity index (χ0) is 15.7. The fourth-order valence-corrected chi connectivity index (χ4v) is 2.01. The summed E-state index contributed by atoms with van der Waals surface area (Å²) < 4.78 is 27.7. The number of hydrogen-bond acceptors (Lipinski definition) is 2. The molecule has 0 saturated carbocycles. The molecule has 2 rings (SSSR count). The van der Waals surface area contributed by atoms with Crippen LogP contribution in [0.5, 0.6) is 0 Å². The number of halogens is 3. The van der Waals surface area contributed by atoms with Gasteiger partial charge in [-0.05, 0) is 12.1 Å². The van der Waals surface area contributed by atoms with Crippen LogP contribution < -0.4 is 5.32 Å². The molecule has 110 valence electrons. The number of aryl methyl sites for hydroxylation is 1. The van der Waals surface area contributed by atoms with E-state index in [9.17, 15) is 18.4 Å². The quantitative estimate of drug-likeness (QED) is 0.915. The van der Waals surface area contributed by atoms with Gasteiger partial charge < -0.3 is 15.0 Å². The predicted molar refractivity (Wildman–Crippen MR) is 71.7 cm³/mol. The highest BCUT2D eigenvalue weighted by Gasteiger charge is 2.19. The summed E-state index contributed by atoms with van der Waals surface area (Å²) in [5, 5.41) is 11.5. The van der Waals surface area contributed by atoms with Crippen LogP contribution in [0.4, 0.5) is 14.5 Å². The molecule has 21 heavy (non-hydrogen) atoms. The minimum Gasteiger partial charge on any atom is -0.478 e. The molecule has 0 saturated heterocycles. The van der Waals surface area contributed by atoms with Crippen molar-refractivity contribution in [2.45, 2.75) is 0 Å². The monoisotopic (exact) mass is 314 g/mol. The van der Waals surface area contributed by atoms with Gasteiger partial charge in [-0.15, -0.1) is 0 Å². The van der Waals surface area contributed by atoms with Gasteiger partial charge in [-0.2, -0.15) is 0 Å². The van der Waals surface area contributed by atoms with Crippen LogP contribution in [0.1, 0.15) is 20.8 Å². The number of aromatic nitrogens is 1. The molecule has 0 aliphatic carbocycles. The molecule has 0 radical (unpaired) electrons. The van der Waals surface area contributed by atoms with Crippen LogP contribution in [-0.4, -0.2) is 21.6 Å². The van der Waals surface area contributed by atoms with Gasteiger partial charge in [0.1, 0.15) is 5.69 Å². The number of rotatable bonds is 3. The number of benzene rings is 1. The number of nitrogens with zero attached hydrogens (tertiary/aromatic N) is 1. The lowest BCUT2D eigenvalue weighted by molar-refractivity contribution is 0.0697. The standard InChI is InChI=1S/C13H9ClF2N2O3/c1-18-5-6(14)2-11(18)12(19)17-10-4-9(16)8(15)3-7(10)13(20)21/h2-5H,1H3,(H,17,19)(H,20,21). The van der Waals surface area contributed by atoms with Gasteiger partial charge >= 0.3 is 5.97 Å². The Hall–Kier alpha value is -2.41. The SMILES string of the molecule is Cn1cc(Cl)cc1C(=O)Nc1cc(F)c(F)cc1C(=O)O. The van der Waals surface area contributed by atoms with Gasteiger partial charge in [0.15, 0.2) is 11.6 Å². The smallest absolute Gasteiger partial charge is 0.337 e. The molecule has 1 aromatic heterocycles. The number of hydrogen-bond donors (Lipinski definition) is 2. The molecular weight excluding hydrogens is 306 g/mol. The highest BCUT2D eigenvalue weighted by atomic mass is 35.5. The second-order valence-electron chi connectivity index (χ2n) is 4.23. The number of anilines is 1. The third-order valence-electron chi connectivity index (χ3n) is 2.74. The van der Waals surface area contributed by atoms with E-state index in [-0.39, 0.29) is 11.4 Å². The molecule has 0 fully saturated rings. The first kappa shape index (κ1) is 15.0. The number of amides is 1. The van der Waals surface area contributed by atoms with Crippen LogP contribution in [0.2, 0.25) is 5.02 Å². The van der Waals surface area contributed by atoms with Crippen molar-refractivity contribution in [3.8, 4) is 0 Å². The Morgan fingerprint density at radius 1 is 1.24 bits per heavy atom. The Morgan fingerprint density at radius 2 is 1.86 bits per heavy atom. The topological polar surface area (TPSA) is 71.3 Å². The molecule has 5 nitrogen and oxygen atoms in total. The summed E-state index contributed by atoms with van der Waals surface area (Å²) in [4.78, 5) is 23.0. The van der Waals surface area contributed by atoms with Crippen molar-refractivity contribution in [1.82, 2.24) is 4.57 Å². The molecule has 2 aromatic rings. The summed E-state index contributed by atoms with van der Waals surface area (Å²) in [7, 11) is 1.56. The van der Waals surface area contributed by atoms with E-state index in [0.717, 1.165) is 0 Å². The maximum atomic E-state index is 13.2. The maximum absolute atomic E-state index is 13.2. The highest BCUT2D eigenvalue weighted by Crippen LogP contribution is 2.22. The first-order valence-electron chi connectivity index (χ1n) is 5.65. The number of aromatic carboxylic acids is 1. The van der Waals surface area contributed by atoms with Gasteiger partial charge in [0, 0.05) is 19.3 Å². The van der Waals surface area contributed by atoms with Crippen LogP contribution in [0.3, 0.4) is 0 Å². The van der Waals surface area contributed by atoms with E-state index in [1.54, 1.807) is 7.05 Å². The van der Waals surface area contributed by atoms with E-state index in [4.69, 9.17) is 16.7 Å². The molecule has 0 atom stereocenters. The van der Waals surface area contributed by atoms with Gasteiger partial charge in [-0.1, -0.05) is 11.6 Å². The van der Waals surface area contributed by atoms with E-state index in [0.29, 0.717) is 17.2 Å². The van der Waals surface area contributed by atoms with E-state index in [1.807, 2.05) is 0 Å². The first-order valence-corrected chi connectivity index (χ1v) is 6.03. The lowest BCUT2D eigenvalue weighted by Crippen LogP contribution is -2.18.